The second-order valence-corrected chi connectivity index (χ2v) is 7.32. The molecule has 0 radical (unpaired) electrons. The van der Waals surface area contributed by atoms with E-state index < -0.39 is 17.7 Å². The summed E-state index contributed by atoms with van der Waals surface area (Å²) in [6, 6.07) is 1.31. The normalized spacial score (nSPS) is 19.7. The van der Waals surface area contributed by atoms with Crippen LogP contribution in [0.4, 0.5) is 4.79 Å². The van der Waals surface area contributed by atoms with Crippen LogP contribution in [-0.2, 0) is 16.1 Å². The zero-order valence-electron chi connectivity index (χ0n) is 15.0. The average molecular weight is 336 g/mol. The lowest BCUT2D eigenvalue weighted by Gasteiger charge is -2.36. The summed E-state index contributed by atoms with van der Waals surface area (Å²) in [4.78, 5) is 26.6. The largest absolute Gasteiger partial charge is 0.444 e. The minimum Gasteiger partial charge on any atom is -0.444 e. The fraction of sp³-hybridized carbons (Fsp3) is 0.706. The monoisotopic (exact) mass is 336 g/mol. The number of amides is 2. The lowest BCUT2D eigenvalue weighted by atomic mass is 10.0. The number of rotatable bonds is 4. The van der Waals surface area contributed by atoms with E-state index in [-0.39, 0.29) is 11.9 Å². The van der Waals surface area contributed by atoms with Gasteiger partial charge in [0.2, 0.25) is 5.91 Å². The Bertz CT molecular complexity index is 551. The Labute approximate surface area is 143 Å². The number of nitrogens with zero attached hydrogens (tertiary/aromatic N) is 3. The third-order valence-corrected chi connectivity index (χ3v) is 3.84. The third-order valence-electron chi connectivity index (χ3n) is 3.84. The minimum atomic E-state index is -0.567. The summed E-state index contributed by atoms with van der Waals surface area (Å²) in [5, 5.41) is 7.13. The van der Waals surface area contributed by atoms with Gasteiger partial charge in [0.25, 0.3) is 0 Å². The van der Waals surface area contributed by atoms with Crippen molar-refractivity contribution in [3.63, 3.8) is 0 Å². The minimum absolute atomic E-state index is 0.0696. The number of hydrogen-bond donors (Lipinski definition) is 1. The third kappa shape index (κ3) is 5.25. The molecular formula is C17H28N4O3. The number of piperidine rings is 1. The highest BCUT2D eigenvalue weighted by Crippen LogP contribution is 2.20. The Kier molecular flexibility index (Phi) is 5.85. The van der Waals surface area contributed by atoms with Crippen molar-refractivity contribution in [2.75, 3.05) is 6.54 Å². The van der Waals surface area contributed by atoms with Crippen LogP contribution in [0.1, 0.15) is 47.0 Å². The van der Waals surface area contributed by atoms with Crippen LogP contribution < -0.4 is 5.32 Å². The summed E-state index contributed by atoms with van der Waals surface area (Å²) in [5.74, 6) is -0.125. The van der Waals surface area contributed by atoms with E-state index in [0.717, 1.165) is 12.8 Å². The van der Waals surface area contributed by atoms with E-state index in [9.17, 15) is 9.59 Å². The van der Waals surface area contributed by atoms with Crippen LogP contribution in [0.5, 0.6) is 0 Å². The highest BCUT2D eigenvalue weighted by molar-refractivity contribution is 5.86. The van der Waals surface area contributed by atoms with Gasteiger partial charge in [0.15, 0.2) is 0 Å². The molecule has 1 aromatic heterocycles. The van der Waals surface area contributed by atoms with Gasteiger partial charge in [-0.3, -0.25) is 14.4 Å². The van der Waals surface area contributed by atoms with Gasteiger partial charge in [-0.1, -0.05) is 0 Å². The molecule has 1 fully saturated rings. The highest BCUT2D eigenvalue weighted by Gasteiger charge is 2.35. The Hall–Kier alpha value is -2.05. The van der Waals surface area contributed by atoms with Crippen LogP contribution in [0.2, 0.25) is 0 Å². The number of carbonyl (C=O) groups is 2. The first-order valence-corrected chi connectivity index (χ1v) is 8.54. The molecule has 1 aliphatic rings. The Balaban J connectivity index is 1.95. The van der Waals surface area contributed by atoms with Gasteiger partial charge < -0.3 is 10.1 Å². The summed E-state index contributed by atoms with van der Waals surface area (Å²) in [7, 11) is 0. The molecule has 7 heteroatoms. The van der Waals surface area contributed by atoms with Crippen LogP contribution in [0.3, 0.4) is 0 Å². The van der Waals surface area contributed by atoms with Gasteiger partial charge in [-0.15, -0.1) is 0 Å². The number of aromatic nitrogens is 2. The maximum absolute atomic E-state index is 12.6. The molecule has 0 spiro atoms. The quantitative estimate of drug-likeness (QED) is 0.914. The predicted octanol–water partition coefficient (Wildman–Crippen LogP) is 2.18. The average Bonchev–Trinajstić information content (AvgIpc) is 2.98. The van der Waals surface area contributed by atoms with Crippen molar-refractivity contribution in [2.24, 2.45) is 0 Å². The summed E-state index contributed by atoms with van der Waals surface area (Å²) in [6.45, 7) is 8.57. The van der Waals surface area contributed by atoms with E-state index in [1.165, 1.54) is 0 Å². The van der Waals surface area contributed by atoms with Crippen LogP contribution in [0, 0.1) is 0 Å². The van der Waals surface area contributed by atoms with E-state index in [1.54, 1.807) is 15.8 Å². The summed E-state index contributed by atoms with van der Waals surface area (Å²) >= 11 is 0. The summed E-state index contributed by atoms with van der Waals surface area (Å²) < 4.78 is 7.22. The van der Waals surface area contributed by atoms with Gasteiger partial charge in [-0.25, -0.2) is 4.79 Å². The van der Waals surface area contributed by atoms with Gasteiger partial charge in [0.1, 0.15) is 11.6 Å². The number of likely N-dealkylation sites (tertiary alicyclic amines) is 1. The molecular weight excluding hydrogens is 308 g/mol. The molecule has 0 aliphatic carbocycles. The molecule has 1 saturated heterocycles. The Morgan fingerprint density at radius 3 is 2.75 bits per heavy atom. The first-order chi connectivity index (χ1) is 11.3. The molecule has 2 heterocycles. The predicted molar refractivity (Wildman–Crippen MR) is 90.4 cm³/mol. The van der Waals surface area contributed by atoms with Crippen molar-refractivity contribution in [1.29, 1.82) is 0 Å². The van der Waals surface area contributed by atoms with Crippen molar-refractivity contribution in [3.05, 3.63) is 18.5 Å². The smallest absolute Gasteiger partial charge is 0.410 e. The van der Waals surface area contributed by atoms with E-state index in [0.29, 0.717) is 19.5 Å². The van der Waals surface area contributed by atoms with E-state index in [2.05, 4.69) is 10.4 Å². The molecule has 0 saturated carbocycles. The fourth-order valence-electron chi connectivity index (χ4n) is 2.82. The zero-order valence-corrected chi connectivity index (χ0v) is 15.0. The van der Waals surface area contributed by atoms with Gasteiger partial charge in [0.05, 0.1) is 6.54 Å². The van der Waals surface area contributed by atoms with Crippen molar-refractivity contribution >= 4 is 12.0 Å². The first kappa shape index (κ1) is 18.3. The maximum atomic E-state index is 12.6. The molecule has 134 valence electrons. The van der Waals surface area contributed by atoms with Gasteiger partial charge in [-0.05, 0) is 53.0 Å². The second kappa shape index (κ2) is 7.68. The fourth-order valence-corrected chi connectivity index (χ4v) is 2.82. The van der Waals surface area contributed by atoms with E-state index in [4.69, 9.17) is 4.74 Å². The molecule has 0 unspecified atom stereocenters. The maximum Gasteiger partial charge on any atom is 0.410 e. The molecule has 1 N–H and O–H groups in total. The number of nitrogens with one attached hydrogen (secondary N) is 1. The first-order valence-electron chi connectivity index (χ1n) is 8.54. The summed E-state index contributed by atoms with van der Waals surface area (Å²) in [6.07, 6.45) is 5.65. The van der Waals surface area contributed by atoms with Gasteiger partial charge in [0, 0.05) is 25.0 Å². The molecule has 0 bridgehead atoms. The van der Waals surface area contributed by atoms with Crippen LogP contribution in [-0.4, -0.2) is 50.9 Å². The topological polar surface area (TPSA) is 76.5 Å². The molecule has 0 aromatic carbocycles. The number of carbonyl (C=O) groups excluding carboxylic acids is 2. The van der Waals surface area contributed by atoms with Crippen molar-refractivity contribution in [1.82, 2.24) is 20.0 Å². The van der Waals surface area contributed by atoms with Gasteiger partial charge in [-0.2, -0.15) is 5.10 Å². The van der Waals surface area contributed by atoms with Crippen molar-refractivity contribution < 1.29 is 14.3 Å². The highest BCUT2D eigenvalue weighted by atomic mass is 16.6. The standard InChI is InChI=1S/C17H28N4O3/c1-13(12-20-10-7-9-18-20)19-15(22)14-8-5-6-11-21(14)16(23)24-17(2,3)4/h7,9-10,13-14H,5-6,8,11-12H2,1-4H3,(H,19,22)/t13-,14+/m0/s1. The number of hydrogen-bond acceptors (Lipinski definition) is 4. The Morgan fingerprint density at radius 2 is 2.12 bits per heavy atom. The molecule has 2 atom stereocenters. The molecule has 2 amide bonds. The molecule has 2 rings (SSSR count). The number of ether oxygens (including phenoxy) is 1. The molecule has 7 nitrogen and oxygen atoms in total. The van der Waals surface area contributed by atoms with Crippen molar-refractivity contribution in [3.8, 4) is 0 Å². The van der Waals surface area contributed by atoms with Crippen LogP contribution in [0.15, 0.2) is 18.5 Å². The molecule has 1 aliphatic heterocycles. The second-order valence-electron chi connectivity index (χ2n) is 7.32. The van der Waals surface area contributed by atoms with E-state index >= 15 is 0 Å². The molecule has 24 heavy (non-hydrogen) atoms. The van der Waals surface area contributed by atoms with Crippen LogP contribution >= 0.6 is 0 Å². The zero-order chi connectivity index (χ0) is 17.7. The van der Waals surface area contributed by atoms with Crippen molar-refractivity contribution in [2.45, 2.75) is 71.2 Å². The lowest BCUT2D eigenvalue weighted by Crippen LogP contribution is -2.54. The lowest BCUT2D eigenvalue weighted by molar-refractivity contribution is -0.128. The Morgan fingerprint density at radius 1 is 1.38 bits per heavy atom. The van der Waals surface area contributed by atoms with Crippen LogP contribution in [0.25, 0.3) is 0 Å². The summed E-state index contributed by atoms with van der Waals surface area (Å²) in [5.41, 5.74) is -0.567. The molecule has 1 aromatic rings. The van der Waals surface area contributed by atoms with E-state index in [1.807, 2.05) is 40.0 Å². The SMILES string of the molecule is C[C@@H](Cn1cccn1)NC(=O)[C@H]1CCCCN1C(=O)OC(C)(C)C. The van der Waals surface area contributed by atoms with Gasteiger partial charge >= 0.3 is 6.09 Å².